The van der Waals surface area contributed by atoms with Crippen molar-refractivity contribution < 1.29 is 14.3 Å². The van der Waals surface area contributed by atoms with Crippen LogP contribution in [0.4, 0.5) is 5.69 Å². The Bertz CT molecular complexity index is 1240. The van der Waals surface area contributed by atoms with Crippen molar-refractivity contribution in [3.8, 4) is 22.1 Å². The molecular weight excluding hydrogens is 432 g/mol. The number of nitrogens with zero attached hydrogens (tertiary/aromatic N) is 1. The molecule has 0 aliphatic carbocycles. The van der Waals surface area contributed by atoms with Crippen LogP contribution in [0.1, 0.15) is 12.0 Å². The number of anilines is 1. The zero-order valence-electron chi connectivity index (χ0n) is 16.6. The fraction of sp³-hybridized carbons (Fsp3) is 0.167. The maximum absolute atomic E-state index is 12.8. The van der Waals surface area contributed by atoms with Gasteiger partial charge in [0.05, 0.1) is 40.6 Å². The second kappa shape index (κ2) is 8.57. The minimum atomic E-state index is -0.140. The van der Waals surface area contributed by atoms with Gasteiger partial charge in [-0.15, -0.1) is 11.3 Å². The first-order valence-electron chi connectivity index (χ1n) is 10.0. The van der Waals surface area contributed by atoms with Gasteiger partial charge in [-0.3, -0.25) is 4.79 Å². The van der Waals surface area contributed by atoms with E-state index >= 15 is 0 Å². The average molecular weight is 451 g/mol. The number of hydrogen-bond donors (Lipinski definition) is 1. The van der Waals surface area contributed by atoms with Crippen LogP contribution in [0.25, 0.3) is 20.8 Å². The van der Waals surface area contributed by atoms with Crippen molar-refractivity contribution in [3.63, 3.8) is 0 Å². The molecule has 1 aliphatic heterocycles. The van der Waals surface area contributed by atoms with E-state index in [2.05, 4.69) is 5.32 Å². The summed E-state index contributed by atoms with van der Waals surface area (Å²) in [5.41, 5.74) is 3.34. The highest BCUT2D eigenvalue weighted by molar-refractivity contribution is 7.21. The monoisotopic (exact) mass is 450 g/mol. The Labute approximate surface area is 188 Å². The lowest BCUT2D eigenvalue weighted by atomic mass is 10.1. The molecule has 5 nitrogen and oxygen atoms in total. The van der Waals surface area contributed by atoms with Crippen molar-refractivity contribution in [1.82, 2.24) is 4.98 Å². The van der Waals surface area contributed by atoms with Gasteiger partial charge >= 0.3 is 0 Å². The summed E-state index contributed by atoms with van der Waals surface area (Å²) in [4.78, 5) is 17.6. The summed E-state index contributed by atoms with van der Waals surface area (Å²) in [5.74, 6) is 0.992. The maximum Gasteiger partial charge on any atom is 0.228 e. The SMILES string of the molecule is O=C(Cc1cc(Cl)c2c(c1)OCCCO2)Nc1ccccc1-c1nc2ccccc2s1. The Kier molecular flexibility index (Phi) is 5.49. The number of carbonyl (C=O) groups is 1. The van der Waals surface area contributed by atoms with E-state index in [9.17, 15) is 4.79 Å². The van der Waals surface area contributed by atoms with E-state index in [0.29, 0.717) is 29.7 Å². The average Bonchev–Trinajstić information content (AvgIpc) is 3.05. The van der Waals surface area contributed by atoms with Crippen LogP contribution in [0.2, 0.25) is 5.02 Å². The Morgan fingerprint density at radius 2 is 1.87 bits per heavy atom. The molecule has 0 unspecified atom stereocenters. The molecule has 1 aromatic heterocycles. The quantitative estimate of drug-likeness (QED) is 0.416. The Morgan fingerprint density at radius 1 is 1.06 bits per heavy atom. The van der Waals surface area contributed by atoms with Gasteiger partial charge in [0.15, 0.2) is 11.5 Å². The number of halogens is 1. The third kappa shape index (κ3) is 4.22. The predicted octanol–water partition coefficient (Wildman–Crippen LogP) is 5.96. The van der Waals surface area contributed by atoms with Crippen molar-refractivity contribution in [1.29, 1.82) is 0 Å². The Morgan fingerprint density at radius 3 is 2.77 bits per heavy atom. The van der Waals surface area contributed by atoms with E-state index in [4.69, 9.17) is 26.1 Å². The molecule has 0 saturated carbocycles. The zero-order chi connectivity index (χ0) is 21.2. The lowest BCUT2D eigenvalue weighted by Gasteiger charge is -2.12. The molecule has 0 spiro atoms. The van der Waals surface area contributed by atoms with Crippen molar-refractivity contribution in [2.45, 2.75) is 12.8 Å². The number of thiazole rings is 1. The molecule has 7 heteroatoms. The minimum Gasteiger partial charge on any atom is -0.489 e. The molecule has 1 N–H and O–H groups in total. The number of ether oxygens (including phenoxy) is 2. The summed E-state index contributed by atoms with van der Waals surface area (Å²) in [6.07, 6.45) is 0.966. The van der Waals surface area contributed by atoms with Gasteiger partial charge in [0.1, 0.15) is 5.01 Å². The molecule has 0 bridgehead atoms. The first-order chi connectivity index (χ1) is 15.2. The van der Waals surface area contributed by atoms with E-state index in [1.807, 2.05) is 54.6 Å². The van der Waals surface area contributed by atoms with Crippen LogP contribution < -0.4 is 14.8 Å². The van der Waals surface area contributed by atoms with Crippen molar-refractivity contribution in [3.05, 3.63) is 71.2 Å². The van der Waals surface area contributed by atoms with Gasteiger partial charge < -0.3 is 14.8 Å². The summed E-state index contributed by atoms with van der Waals surface area (Å²) in [7, 11) is 0. The second-order valence-electron chi connectivity index (χ2n) is 7.21. The molecule has 156 valence electrons. The summed E-state index contributed by atoms with van der Waals surface area (Å²) < 4.78 is 12.5. The molecule has 3 aromatic carbocycles. The van der Waals surface area contributed by atoms with Crippen molar-refractivity contribution in [2.24, 2.45) is 0 Å². The van der Waals surface area contributed by atoms with E-state index in [-0.39, 0.29) is 12.3 Å². The lowest BCUT2D eigenvalue weighted by molar-refractivity contribution is -0.115. The van der Waals surface area contributed by atoms with Gasteiger partial charge in [-0.1, -0.05) is 35.9 Å². The second-order valence-corrected chi connectivity index (χ2v) is 8.65. The highest BCUT2D eigenvalue weighted by atomic mass is 35.5. The highest BCUT2D eigenvalue weighted by Crippen LogP contribution is 2.38. The third-order valence-electron chi connectivity index (χ3n) is 4.95. The van der Waals surface area contributed by atoms with E-state index in [1.165, 1.54) is 0 Å². The highest BCUT2D eigenvalue weighted by Gasteiger charge is 2.18. The lowest BCUT2D eigenvalue weighted by Crippen LogP contribution is -2.15. The molecule has 1 aliphatic rings. The van der Waals surface area contributed by atoms with Crippen LogP contribution in [0.15, 0.2) is 60.7 Å². The number of fused-ring (bicyclic) bond motifs is 2. The molecule has 0 radical (unpaired) electrons. The van der Waals surface area contributed by atoms with Gasteiger partial charge in [0.2, 0.25) is 5.91 Å². The fourth-order valence-corrected chi connectivity index (χ4v) is 4.83. The summed E-state index contributed by atoms with van der Waals surface area (Å²) in [6, 6.07) is 19.3. The van der Waals surface area contributed by atoms with Crippen LogP contribution in [0.5, 0.6) is 11.5 Å². The smallest absolute Gasteiger partial charge is 0.228 e. The topological polar surface area (TPSA) is 60.5 Å². The number of hydrogen-bond acceptors (Lipinski definition) is 5. The molecule has 1 amide bonds. The van der Waals surface area contributed by atoms with Crippen LogP contribution in [-0.2, 0) is 11.2 Å². The van der Waals surface area contributed by atoms with Crippen molar-refractivity contribution in [2.75, 3.05) is 18.5 Å². The molecule has 4 aromatic rings. The first kappa shape index (κ1) is 19.8. The molecule has 5 rings (SSSR count). The van der Waals surface area contributed by atoms with Crippen LogP contribution in [0, 0.1) is 0 Å². The minimum absolute atomic E-state index is 0.140. The number of nitrogens with one attached hydrogen (secondary N) is 1. The van der Waals surface area contributed by atoms with Crippen LogP contribution in [-0.4, -0.2) is 24.1 Å². The van der Waals surface area contributed by atoms with E-state index in [1.54, 1.807) is 17.4 Å². The number of benzene rings is 3. The summed E-state index contributed by atoms with van der Waals surface area (Å²) in [5, 5.41) is 4.35. The number of para-hydroxylation sites is 2. The molecule has 2 heterocycles. The van der Waals surface area contributed by atoms with Gasteiger partial charge in [-0.2, -0.15) is 0 Å². The molecule has 0 saturated heterocycles. The summed E-state index contributed by atoms with van der Waals surface area (Å²) in [6.45, 7) is 1.13. The van der Waals surface area contributed by atoms with Gasteiger partial charge in [0.25, 0.3) is 0 Å². The number of rotatable bonds is 4. The number of amides is 1. The van der Waals surface area contributed by atoms with Crippen molar-refractivity contribution >= 4 is 44.7 Å². The zero-order valence-corrected chi connectivity index (χ0v) is 18.1. The first-order valence-corrected chi connectivity index (χ1v) is 11.2. The van der Waals surface area contributed by atoms with Crippen LogP contribution >= 0.6 is 22.9 Å². The largest absolute Gasteiger partial charge is 0.489 e. The third-order valence-corrected chi connectivity index (χ3v) is 6.30. The predicted molar refractivity (Wildman–Crippen MR) is 124 cm³/mol. The van der Waals surface area contributed by atoms with Gasteiger partial charge in [-0.05, 0) is 42.0 Å². The Balaban J connectivity index is 1.38. The standard InChI is InChI=1S/C24H19ClN2O3S/c25-17-12-15(13-20-23(17)30-11-5-10-29-20)14-22(28)26-18-7-2-1-6-16(18)24-27-19-8-3-4-9-21(19)31-24/h1-4,6-9,12-13H,5,10-11,14H2,(H,26,28). The maximum atomic E-state index is 12.8. The van der Waals surface area contributed by atoms with Gasteiger partial charge in [-0.25, -0.2) is 4.98 Å². The molecule has 0 atom stereocenters. The Hall–Kier alpha value is -3.09. The van der Waals surface area contributed by atoms with Crippen LogP contribution in [0.3, 0.4) is 0 Å². The molecule has 31 heavy (non-hydrogen) atoms. The fourth-order valence-electron chi connectivity index (χ4n) is 3.53. The number of carbonyl (C=O) groups excluding carboxylic acids is 1. The van der Waals surface area contributed by atoms with E-state index < -0.39 is 0 Å². The molecule has 0 fully saturated rings. The summed E-state index contributed by atoms with van der Waals surface area (Å²) >= 11 is 7.97. The normalized spacial score (nSPS) is 13.1. The molecular formula is C24H19ClN2O3S. The number of aromatic nitrogens is 1. The van der Waals surface area contributed by atoms with Gasteiger partial charge in [0, 0.05) is 12.0 Å². The van der Waals surface area contributed by atoms with E-state index in [0.717, 1.165) is 38.5 Å².